The number of nitrogens with zero attached hydrogens (tertiary/aromatic N) is 1. The Labute approximate surface area is 87.4 Å². The lowest BCUT2D eigenvalue weighted by Crippen LogP contribution is -2.40. The second kappa shape index (κ2) is 4.59. The number of hydrogen-bond acceptors (Lipinski definition) is 3. The Bertz CT molecular complexity index is 372. The van der Waals surface area contributed by atoms with Gasteiger partial charge in [0.05, 0.1) is 6.20 Å². The molecule has 0 spiro atoms. The van der Waals surface area contributed by atoms with Crippen LogP contribution in [0.15, 0.2) is 6.20 Å². The van der Waals surface area contributed by atoms with E-state index in [2.05, 4.69) is 20.8 Å². The van der Waals surface area contributed by atoms with E-state index in [1.807, 2.05) is 6.92 Å². The molecule has 1 aromatic heterocycles. The van der Waals surface area contributed by atoms with Crippen molar-refractivity contribution in [3.05, 3.63) is 11.8 Å². The third kappa shape index (κ3) is 3.08. The number of aromatic amines is 1. The number of hydrogen-bond donors (Lipinski definition) is 3. The molecule has 6 heteroatoms. The predicted molar refractivity (Wildman–Crippen MR) is 55.2 cm³/mol. The van der Waals surface area contributed by atoms with Gasteiger partial charge in [0.15, 0.2) is 0 Å². The van der Waals surface area contributed by atoms with E-state index in [0.29, 0.717) is 5.82 Å². The van der Waals surface area contributed by atoms with E-state index >= 15 is 0 Å². The number of aromatic nitrogens is 2. The van der Waals surface area contributed by atoms with Gasteiger partial charge in [-0.25, -0.2) is 0 Å². The highest BCUT2D eigenvalue weighted by Crippen LogP contribution is 2.08. The van der Waals surface area contributed by atoms with E-state index in [1.165, 1.54) is 6.92 Å². The smallest absolute Gasteiger partial charge is 0.247 e. The van der Waals surface area contributed by atoms with Crippen LogP contribution >= 0.6 is 0 Å². The first-order chi connectivity index (χ1) is 7.00. The van der Waals surface area contributed by atoms with Gasteiger partial charge in [-0.15, -0.1) is 0 Å². The van der Waals surface area contributed by atoms with Crippen LogP contribution in [0.25, 0.3) is 0 Å². The van der Waals surface area contributed by atoms with Crippen LogP contribution in [0.4, 0.5) is 5.82 Å². The van der Waals surface area contributed by atoms with Gasteiger partial charge >= 0.3 is 0 Å². The zero-order chi connectivity index (χ0) is 11.4. The Morgan fingerprint density at radius 1 is 1.53 bits per heavy atom. The van der Waals surface area contributed by atoms with E-state index in [1.54, 1.807) is 13.1 Å². The minimum Gasteiger partial charge on any atom is -0.345 e. The molecule has 0 saturated carbocycles. The molecule has 1 heterocycles. The maximum Gasteiger partial charge on any atom is 0.247 e. The first-order valence-electron chi connectivity index (χ1n) is 4.58. The molecule has 15 heavy (non-hydrogen) atoms. The Kier molecular flexibility index (Phi) is 3.43. The summed E-state index contributed by atoms with van der Waals surface area (Å²) in [6.07, 6.45) is 1.61. The van der Waals surface area contributed by atoms with Crippen LogP contribution in [0.1, 0.15) is 19.4 Å². The Morgan fingerprint density at radius 3 is 2.67 bits per heavy atom. The van der Waals surface area contributed by atoms with Gasteiger partial charge < -0.3 is 10.6 Å². The van der Waals surface area contributed by atoms with Gasteiger partial charge in [-0.05, 0) is 13.8 Å². The molecule has 0 fully saturated rings. The lowest BCUT2D eigenvalue weighted by atomic mass is 10.3. The van der Waals surface area contributed by atoms with Crippen molar-refractivity contribution in [1.82, 2.24) is 15.5 Å². The molecule has 1 rings (SSSR count). The average molecular weight is 210 g/mol. The van der Waals surface area contributed by atoms with E-state index < -0.39 is 6.04 Å². The summed E-state index contributed by atoms with van der Waals surface area (Å²) in [5.74, 6) is 0.0359. The summed E-state index contributed by atoms with van der Waals surface area (Å²) >= 11 is 0. The average Bonchev–Trinajstić information content (AvgIpc) is 2.50. The Morgan fingerprint density at radius 2 is 2.20 bits per heavy atom. The van der Waals surface area contributed by atoms with Crippen LogP contribution in [0.5, 0.6) is 0 Å². The molecule has 0 aliphatic heterocycles. The third-order valence-corrected chi connectivity index (χ3v) is 1.89. The van der Waals surface area contributed by atoms with Gasteiger partial charge in [-0.3, -0.25) is 14.7 Å². The Balaban J connectivity index is 2.56. The molecule has 1 unspecified atom stereocenters. The molecule has 0 aromatic carbocycles. The molecule has 1 atom stereocenters. The zero-order valence-corrected chi connectivity index (χ0v) is 8.92. The van der Waals surface area contributed by atoms with Crippen molar-refractivity contribution in [2.24, 2.45) is 0 Å². The van der Waals surface area contributed by atoms with Crippen molar-refractivity contribution in [1.29, 1.82) is 0 Å². The fourth-order valence-electron chi connectivity index (χ4n) is 1.07. The summed E-state index contributed by atoms with van der Waals surface area (Å²) in [6.45, 7) is 4.80. The highest BCUT2D eigenvalue weighted by atomic mass is 16.2. The fraction of sp³-hybridized carbons (Fsp3) is 0.444. The second-order valence-corrected chi connectivity index (χ2v) is 3.34. The van der Waals surface area contributed by atoms with Gasteiger partial charge in [0.25, 0.3) is 0 Å². The molecule has 82 valence electrons. The van der Waals surface area contributed by atoms with Gasteiger partial charge in [0, 0.05) is 12.5 Å². The van der Waals surface area contributed by atoms with E-state index in [-0.39, 0.29) is 11.8 Å². The molecule has 0 bridgehead atoms. The van der Waals surface area contributed by atoms with Gasteiger partial charge in [0.1, 0.15) is 11.9 Å². The van der Waals surface area contributed by atoms with Crippen molar-refractivity contribution in [3.63, 3.8) is 0 Å². The fourth-order valence-corrected chi connectivity index (χ4v) is 1.07. The van der Waals surface area contributed by atoms with Gasteiger partial charge in [0.2, 0.25) is 11.8 Å². The quantitative estimate of drug-likeness (QED) is 0.665. The van der Waals surface area contributed by atoms with Crippen molar-refractivity contribution in [3.8, 4) is 0 Å². The first-order valence-corrected chi connectivity index (χ1v) is 4.58. The molecule has 1 aromatic rings. The van der Waals surface area contributed by atoms with Crippen LogP contribution in [-0.4, -0.2) is 28.1 Å². The number of anilines is 1. The molecular formula is C9H14N4O2. The largest absolute Gasteiger partial charge is 0.345 e. The number of aryl methyl sites for hydroxylation is 1. The maximum atomic E-state index is 11.5. The number of amides is 2. The van der Waals surface area contributed by atoms with Crippen LogP contribution in [-0.2, 0) is 9.59 Å². The zero-order valence-electron chi connectivity index (χ0n) is 8.92. The third-order valence-electron chi connectivity index (χ3n) is 1.89. The van der Waals surface area contributed by atoms with E-state index in [9.17, 15) is 9.59 Å². The summed E-state index contributed by atoms with van der Waals surface area (Å²) < 4.78 is 0. The number of carbonyl (C=O) groups is 2. The molecule has 3 N–H and O–H groups in total. The van der Waals surface area contributed by atoms with Crippen LogP contribution < -0.4 is 10.6 Å². The van der Waals surface area contributed by atoms with Gasteiger partial charge in [-0.2, -0.15) is 5.10 Å². The normalized spacial score (nSPS) is 11.9. The van der Waals surface area contributed by atoms with Crippen molar-refractivity contribution >= 4 is 17.6 Å². The minimum absolute atomic E-state index is 0.237. The summed E-state index contributed by atoms with van der Waals surface area (Å²) in [7, 11) is 0. The summed E-state index contributed by atoms with van der Waals surface area (Å²) in [5, 5.41) is 11.5. The molecule has 2 amide bonds. The first kappa shape index (κ1) is 11.2. The molecule has 0 aliphatic carbocycles. The number of carbonyl (C=O) groups excluding carboxylic acids is 2. The summed E-state index contributed by atoms with van der Waals surface area (Å²) in [4.78, 5) is 22.2. The summed E-state index contributed by atoms with van der Waals surface area (Å²) in [5.41, 5.74) is 0.846. The topological polar surface area (TPSA) is 86.9 Å². The van der Waals surface area contributed by atoms with Crippen LogP contribution in [0, 0.1) is 6.92 Å². The second-order valence-electron chi connectivity index (χ2n) is 3.34. The monoisotopic (exact) mass is 210 g/mol. The standard InChI is InChI=1S/C9H14N4O2/c1-5-4-10-13-8(5)12-9(15)6(2)11-7(3)14/h4,6H,1-3H3,(H,11,14)(H2,10,12,13,15). The molecule has 0 aliphatic rings. The van der Waals surface area contributed by atoms with Crippen LogP contribution in [0.3, 0.4) is 0 Å². The van der Waals surface area contributed by atoms with Crippen molar-refractivity contribution < 1.29 is 9.59 Å². The maximum absolute atomic E-state index is 11.5. The lowest BCUT2D eigenvalue weighted by Gasteiger charge is -2.11. The minimum atomic E-state index is -0.565. The van der Waals surface area contributed by atoms with E-state index in [4.69, 9.17) is 0 Å². The molecule has 0 radical (unpaired) electrons. The molecular weight excluding hydrogens is 196 g/mol. The highest BCUT2D eigenvalue weighted by Gasteiger charge is 2.14. The predicted octanol–water partition coefficient (Wildman–Crippen LogP) is 0.181. The summed E-state index contributed by atoms with van der Waals surface area (Å²) in [6, 6.07) is -0.565. The van der Waals surface area contributed by atoms with E-state index in [0.717, 1.165) is 5.56 Å². The van der Waals surface area contributed by atoms with Crippen molar-refractivity contribution in [2.75, 3.05) is 5.32 Å². The van der Waals surface area contributed by atoms with Gasteiger partial charge in [-0.1, -0.05) is 0 Å². The number of rotatable bonds is 3. The number of nitrogens with one attached hydrogen (secondary N) is 3. The lowest BCUT2D eigenvalue weighted by molar-refractivity contribution is -0.124. The Hall–Kier alpha value is -1.85. The highest BCUT2D eigenvalue weighted by molar-refractivity contribution is 5.96. The van der Waals surface area contributed by atoms with Crippen LogP contribution in [0.2, 0.25) is 0 Å². The molecule has 0 saturated heterocycles. The SMILES string of the molecule is CC(=O)NC(C)C(=O)Nc1[nH]ncc1C. The number of H-pyrrole nitrogens is 1. The molecule has 6 nitrogen and oxygen atoms in total. The van der Waals surface area contributed by atoms with Crippen molar-refractivity contribution in [2.45, 2.75) is 26.8 Å².